The van der Waals surface area contributed by atoms with Crippen LogP contribution in [-0.4, -0.2) is 14.2 Å². The normalized spacial score (nSPS) is 17.5. The fraction of sp³-hybridized carbons (Fsp3) is 0.562. The predicted molar refractivity (Wildman–Crippen MR) is 82.9 cm³/mol. The molecule has 1 unspecified atom stereocenters. The van der Waals surface area contributed by atoms with Gasteiger partial charge in [0, 0.05) is 12.5 Å². The Kier molecular flexibility index (Phi) is 5.77. The molecule has 1 N–H and O–H groups in total. The first-order chi connectivity index (χ1) is 10.1. The number of nitrogens with zero attached hydrogens (tertiary/aromatic N) is 1. The van der Waals surface area contributed by atoms with Crippen molar-refractivity contribution < 1.29 is 8.42 Å². The van der Waals surface area contributed by atoms with Crippen LogP contribution in [0.5, 0.6) is 0 Å². The molecule has 0 amide bonds. The van der Waals surface area contributed by atoms with E-state index in [1.165, 1.54) is 12.8 Å². The van der Waals surface area contributed by atoms with Crippen molar-refractivity contribution in [1.29, 1.82) is 5.26 Å². The Morgan fingerprint density at radius 3 is 2.52 bits per heavy atom. The van der Waals surface area contributed by atoms with Gasteiger partial charge in [-0.25, -0.2) is 13.1 Å². The van der Waals surface area contributed by atoms with E-state index in [-0.39, 0.29) is 18.2 Å². The van der Waals surface area contributed by atoms with Crippen LogP contribution in [0.4, 0.5) is 0 Å². The van der Waals surface area contributed by atoms with Crippen molar-refractivity contribution in [2.45, 2.75) is 44.6 Å². The highest BCUT2D eigenvalue weighted by Crippen LogP contribution is 2.36. The molecule has 0 radical (unpaired) electrons. The first-order valence-electron chi connectivity index (χ1n) is 7.54. The molecule has 0 spiro atoms. The molecule has 0 heterocycles. The van der Waals surface area contributed by atoms with E-state index in [2.05, 4.69) is 4.72 Å². The molecule has 1 aliphatic carbocycles. The number of unbranched alkanes of at least 4 members (excludes halogenated alkanes) is 1. The van der Waals surface area contributed by atoms with E-state index >= 15 is 0 Å². The maximum Gasteiger partial charge on any atom is 0.212 e. The monoisotopic (exact) mass is 306 g/mol. The number of hydrogen-bond donors (Lipinski definition) is 1. The number of rotatable bonds is 7. The van der Waals surface area contributed by atoms with Gasteiger partial charge >= 0.3 is 0 Å². The van der Waals surface area contributed by atoms with Gasteiger partial charge in [-0.1, -0.05) is 43.2 Å². The smallest absolute Gasteiger partial charge is 0.212 e. The van der Waals surface area contributed by atoms with Crippen molar-refractivity contribution in [2.24, 2.45) is 5.92 Å². The van der Waals surface area contributed by atoms with E-state index in [1.807, 2.05) is 36.4 Å². The van der Waals surface area contributed by atoms with Crippen molar-refractivity contribution in [1.82, 2.24) is 4.72 Å². The van der Waals surface area contributed by atoms with E-state index in [9.17, 15) is 8.42 Å². The summed E-state index contributed by atoms with van der Waals surface area (Å²) in [6.45, 7) is 0. The third-order valence-corrected chi connectivity index (χ3v) is 5.48. The Labute approximate surface area is 127 Å². The maximum absolute atomic E-state index is 12.2. The summed E-state index contributed by atoms with van der Waals surface area (Å²) >= 11 is 0. The summed E-state index contributed by atoms with van der Waals surface area (Å²) in [6.07, 6.45) is 5.15. The Morgan fingerprint density at radius 1 is 1.24 bits per heavy atom. The van der Waals surface area contributed by atoms with Crippen molar-refractivity contribution >= 4 is 10.0 Å². The Morgan fingerprint density at radius 2 is 1.90 bits per heavy atom. The molecular formula is C16H22N2O2S. The predicted octanol–water partition coefficient (Wildman–Crippen LogP) is 3.14. The van der Waals surface area contributed by atoms with Crippen LogP contribution < -0.4 is 4.72 Å². The van der Waals surface area contributed by atoms with Gasteiger partial charge in [0.25, 0.3) is 0 Å². The van der Waals surface area contributed by atoms with Gasteiger partial charge in [-0.3, -0.25) is 0 Å². The lowest BCUT2D eigenvalue weighted by atomic mass is 9.93. The van der Waals surface area contributed by atoms with E-state index in [1.54, 1.807) is 0 Å². The Bertz CT molecular complexity index is 572. The minimum absolute atomic E-state index is 0.0244. The fourth-order valence-corrected chi connectivity index (χ4v) is 4.34. The quantitative estimate of drug-likeness (QED) is 0.787. The van der Waals surface area contributed by atoms with Gasteiger partial charge in [-0.05, 0) is 30.7 Å². The van der Waals surface area contributed by atoms with Gasteiger partial charge in [-0.15, -0.1) is 0 Å². The summed E-state index contributed by atoms with van der Waals surface area (Å²) in [4.78, 5) is 0. The lowest BCUT2D eigenvalue weighted by Gasteiger charge is -2.25. The fourth-order valence-electron chi connectivity index (χ4n) is 2.98. The molecule has 1 saturated carbocycles. The lowest BCUT2D eigenvalue weighted by molar-refractivity contribution is 0.410. The molecule has 1 aromatic rings. The van der Waals surface area contributed by atoms with Crippen molar-refractivity contribution in [3.63, 3.8) is 0 Å². The van der Waals surface area contributed by atoms with Gasteiger partial charge < -0.3 is 0 Å². The summed E-state index contributed by atoms with van der Waals surface area (Å²) < 4.78 is 27.3. The first-order valence-corrected chi connectivity index (χ1v) is 9.19. The lowest BCUT2D eigenvalue weighted by Crippen LogP contribution is -2.34. The Balaban J connectivity index is 2.11. The summed E-state index contributed by atoms with van der Waals surface area (Å²) in [5.41, 5.74) is 1.04. The third kappa shape index (κ3) is 4.83. The number of nitrogens with one attached hydrogen (secondary N) is 1. The highest BCUT2D eigenvalue weighted by atomic mass is 32.2. The van der Waals surface area contributed by atoms with E-state index in [0.29, 0.717) is 12.3 Å². The molecule has 1 aromatic carbocycles. The molecule has 1 atom stereocenters. The second kappa shape index (κ2) is 7.58. The molecule has 0 aromatic heterocycles. The van der Waals surface area contributed by atoms with Crippen molar-refractivity contribution in [2.75, 3.05) is 5.75 Å². The summed E-state index contributed by atoms with van der Waals surface area (Å²) in [5.74, 6) is 0.398. The van der Waals surface area contributed by atoms with Crippen LogP contribution in [-0.2, 0) is 10.0 Å². The molecule has 21 heavy (non-hydrogen) atoms. The van der Waals surface area contributed by atoms with Gasteiger partial charge in [0.05, 0.1) is 11.8 Å². The average molecular weight is 306 g/mol. The zero-order chi connectivity index (χ0) is 15.1. The second-order valence-electron chi connectivity index (χ2n) is 5.63. The standard InChI is InChI=1S/C16H22N2O2S/c17-12-6-7-13-21(19,20)18-16(15-10-4-5-11-15)14-8-2-1-3-9-14/h1-3,8-9,15-16,18H,4-7,10-11,13H2. The molecule has 0 bridgehead atoms. The molecule has 4 nitrogen and oxygen atoms in total. The molecular weight excluding hydrogens is 284 g/mol. The topological polar surface area (TPSA) is 70.0 Å². The third-order valence-electron chi connectivity index (χ3n) is 4.04. The van der Waals surface area contributed by atoms with Crippen LogP contribution in [0.3, 0.4) is 0 Å². The van der Waals surface area contributed by atoms with Crippen LogP contribution in [0.25, 0.3) is 0 Å². The number of nitriles is 1. The molecule has 5 heteroatoms. The maximum atomic E-state index is 12.2. The van der Waals surface area contributed by atoms with Crippen LogP contribution in [0.15, 0.2) is 30.3 Å². The molecule has 0 saturated heterocycles. The summed E-state index contributed by atoms with van der Waals surface area (Å²) in [5, 5.41) is 8.53. The van der Waals surface area contributed by atoms with Crippen molar-refractivity contribution in [3.8, 4) is 6.07 Å². The molecule has 1 fully saturated rings. The zero-order valence-electron chi connectivity index (χ0n) is 12.2. The minimum atomic E-state index is -3.34. The number of benzene rings is 1. The van der Waals surface area contributed by atoms with Gasteiger partial charge in [0.2, 0.25) is 10.0 Å². The number of sulfonamides is 1. The van der Waals surface area contributed by atoms with Gasteiger partial charge in [-0.2, -0.15) is 5.26 Å². The Hall–Kier alpha value is -1.38. The zero-order valence-corrected chi connectivity index (χ0v) is 13.0. The van der Waals surface area contributed by atoms with Crippen LogP contribution in [0.2, 0.25) is 0 Å². The second-order valence-corrected chi connectivity index (χ2v) is 7.50. The van der Waals surface area contributed by atoms with Gasteiger partial charge in [0.15, 0.2) is 0 Å². The van der Waals surface area contributed by atoms with Crippen LogP contribution in [0, 0.1) is 17.2 Å². The van der Waals surface area contributed by atoms with Crippen LogP contribution >= 0.6 is 0 Å². The minimum Gasteiger partial charge on any atom is -0.212 e. The first kappa shape index (κ1) is 16.0. The largest absolute Gasteiger partial charge is 0.212 e. The van der Waals surface area contributed by atoms with E-state index in [4.69, 9.17) is 5.26 Å². The van der Waals surface area contributed by atoms with Crippen molar-refractivity contribution in [3.05, 3.63) is 35.9 Å². The van der Waals surface area contributed by atoms with Gasteiger partial charge in [0.1, 0.15) is 0 Å². The molecule has 0 aliphatic heterocycles. The molecule has 2 rings (SSSR count). The SMILES string of the molecule is N#CCCCS(=O)(=O)NC(c1ccccc1)C1CCCC1. The average Bonchev–Trinajstić information content (AvgIpc) is 3.00. The highest BCUT2D eigenvalue weighted by Gasteiger charge is 2.29. The summed E-state index contributed by atoms with van der Waals surface area (Å²) in [7, 11) is -3.34. The number of hydrogen-bond acceptors (Lipinski definition) is 3. The molecule has 1 aliphatic rings. The van der Waals surface area contributed by atoms with E-state index < -0.39 is 10.0 Å². The molecule has 114 valence electrons. The summed E-state index contributed by atoms with van der Waals surface area (Å²) in [6, 6.07) is 11.7. The van der Waals surface area contributed by atoms with Crippen LogP contribution in [0.1, 0.15) is 50.1 Å². The van der Waals surface area contributed by atoms with E-state index in [0.717, 1.165) is 18.4 Å². The highest BCUT2D eigenvalue weighted by molar-refractivity contribution is 7.89.